The lowest BCUT2D eigenvalue weighted by molar-refractivity contribution is -0.140. The van der Waals surface area contributed by atoms with Crippen molar-refractivity contribution in [2.24, 2.45) is 23.2 Å². The number of rotatable bonds is 8. The van der Waals surface area contributed by atoms with Crippen LogP contribution < -0.4 is 15.5 Å². The summed E-state index contributed by atoms with van der Waals surface area (Å²) in [5.74, 6) is 2.35. The van der Waals surface area contributed by atoms with Crippen LogP contribution in [0.3, 0.4) is 0 Å². The molecule has 1 aromatic carbocycles. The molecule has 36 heavy (non-hydrogen) atoms. The number of nitrogens with one attached hydrogen (secondary N) is 2. The van der Waals surface area contributed by atoms with E-state index in [0.29, 0.717) is 12.1 Å². The summed E-state index contributed by atoms with van der Waals surface area (Å²) >= 11 is 0. The Hall–Kier alpha value is -2.12. The van der Waals surface area contributed by atoms with Crippen LogP contribution in [-0.4, -0.2) is 69.2 Å². The van der Waals surface area contributed by atoms with E-state index in [1.165, 1.54) is 19.3 Å². The zero-order chi connectivity index (χ0) is 24.5. The third-order valence-corrected chi connectivity index (χ3v) is 9.51. The molecule has 196 valence electrons. The maximum atomic E-state index is 13.6. The van der Waals surface area contributed by atoms with Gasteiger partial charge in [-0.2, -0.15) is 0 Å². The quantitative estimate of drug-likeness (QED) is 0.537. The molecule has 2 N–H and O–H groups in total. The Labute approximate surface area is 215 Å². The van der Waals surface area contributed by atoms with Crippen LogP contribution >= 0.6 is 0 Å². The van der Waals surface area contributed by atoms with Crippen LogP contribution in [0.1, 0.15) is 68.1 Å². The maximum absolute atomic E-state index is 13.6. The fraction of sp³-hybridized carbons (Fsp3) is 0.724. The first-order chi connectivity index (χ1) is 17.6. The van der Waals surface area contributed by atoms with E-state index in [1.807, 2.05) is 18.2 Å². The molecule has 4 aliphatic carbocycles. The van der Waals surface area contributed by atoms with Gasteiger partial charge in [0.15, 0.2) is 0 Å². The zero-order valence-corrected chi connectivity index (χ0v) is 21.6. The zero-order valence-electron chi connectivity index (χ0n) is 21.6. The molecule has 0 unspecified atom stereocenters. The minimum absolute atomic E-state index is 0.0372. The van der Waals surface area contributed by atoms with Crippen molar-refractivity contribution >= 4 is 23.2 Å². The second-order valence-electron chi connectivity index (χ2n) is 12.1. The average Bonchev–Trinajstić information content (AvgIpc) is 3.41. The van der Waals surface area contributed by atoms with Crippen molar-refractivity contribution in [3.05, 3.63) is 23.8 Å². The standard InChI is InChI=1S/C29H42N4O3/c34-27(30-6-3-7-32-10-12-36-13-11-32)25-17-24(4-5-26(25)33-8-1-2-9-33)31-28(35)29-18-21-14-22(19-29)16-23(15-21)20-29/h4-5,17,21-23H,1-3,6-16,18-20H2,(H,30,34)(H,31,35). The minimum Gasteiger partial charge on any atom is -0.379 e. The van der Waals surface area contributed by atoms with Gasteiger partial charge in [0, 0.05) is 44.1 Å². The summed E-state index contributed by atoms with van der Waals surface area (Å²) in [5.41, 5.74) is 2.25. The van der Waals surface area contributed by atoms with Crippen molar-refractivity contribution in [2.45, 2.75) is 57.8 Å². The maximum Gasteiger partial charge on any atom is 0.253 e. The highest BCUT2D eigenvalue weighted by atomic mass is 16.5. The number of ether oxygens (including phenoxy) is 1. The van der Waals surface area contributed by atoms with Crippen molar-refractivity contribution in [1.82, 2.24) is 10.2 Å². The van der Waals surface area contributed by atoms with E-state index >= 15 is 0 Å². The summed E-state index contributed by atoms with van der Waals surface area (Å²) in [7, 11) is 0. The molecule has 7 rings (SSSR count). The van der Waals surface area contributed by atoms with Gasteiger partial charge in [-0.3, -0.25) is 14.5 Å². The molecule has 4 saturated carbocycles. The highest BCUT2D eigenvalue weighted by Gasteiger charge is 2.54. The Morgan fingerprint density at radius 3 is 2.28 bits per heavy atom. The highest BCUT2D eigenvalue weighted by molar-refractivity contribution is 6.03. The summed E-state index contributed by atoms with van der Waals surface area (Å²) in [4.78, 5) is 31.7. The van der Waals surface area contributed by atoms with Crippen LogP contribution in [-0.2, 0) is 9.53 Å². The molecule has 0 aromatic heterocycles. The molecule has 7 nitrogen and oxygen atoms in total. The predicted molar refractivity (Wildman–Crippen MR) is 141 cm³/mol. The van der Waals surface area contributed by atoms with Gasteiger partial charge in [0.1, 0.15) is 0 Å². The summed E-state index contributed by atoms with van der Waals surface area (Å²) in [5, 5.41) is 6.42. The summed E-state index contributed by atoms with van der Waals surface area (Å²) in [6.45, 7) is 7.13. The number of carbonyl (C=O) groups is 2. The lowest BCUT2D eigenvalue weighted by Gasteiger charge is -2.55. The van der Waals surface area contributed by atoms with Gasteiger partial charge >= 0.3 is 0 Å². The Kier molecular flexibility index (Phi) is 6.95. The Morgan fingerprint density at radius 2 is 1.61 bits per heavy atom. The first kappa shape index (κ1) is 24.2. The number of hydrogen-bond donors (Lipinski definition) is 2. The molecule has 0 spiro atoms. The van der Waals surface area contributed by atoms with Gasteiger partial charge in [-0.25, -0.2) is 0 Å². The van der Waals surface area contributed by atoms with E-state index in [4.69, 9.17) is 4.74 Å². The Balaban J connectivity index is 1.13. The van der Waals surface area contributed by atoms with E-state index < -0.39 is 0 Å². The average molecular weight is 495 g/mol. The third kappa shape index (κ3) is 5.01. The molecule has 2 saturated heterocycles. The lowest BCUT2D eigenvalue weighted by Crippen LogP contribution is -2.51. The second kappa shape index (κ2) is 10.3. The van der Waals surface area contributed by atoms with Gasteiger partial charge in [0.2, 0.25) is 5.91 Å². The van der Waals surface area contributed by atoms with E-state index in [9.17, 15) is 9.59 Å². The fourth-order valence-corrected chi connectivity index (χ4v) is 8.11. The summed E-state index contributed by atoms with van der Waals surface area (Å²) in [6, 6.07) is 5.97. The number of hydrogen-bond acceptors (Lipinski definition) is 5. The number of anilines is 2. The van der Waals surface area contributed by atoms with E-state index in [2.05, 4.69) is 20.4 Å². The van der Waals surface area contributed by atoms with E-state index in [-0.39, 0.29) is 17.2 Å². The molecule has 0 atom stereocenters. The Bertz CT molecular complexity index is 932. The Morgan fingerprint density at radius 1 is 0.944 bits per heavy atom. The second-order valence-corrected chi connectivity index (χ2v) is 12.1. The third-order valence-electron chi connectivity index (χ3n) is 9.51. The highest BCUT2D eigenvalue weighted by Crippen LogP contribution is 2.60. The SMILES string of the molecule is O=C(NCCCN1CCOCC1)c1cc(NC(=O)C23CC4CC(CC(C4)C2)C3)ccc1N1CCCC1. The van der Waals surface area contributed by atoms with Gasteiger partial charge in [-0.05, 0) is 100 Å². The molecule has 2 aliphatic heterocycles. The van der Waals surface area contributed by atoms with Gasteiger partial charge in [0.25, 0.3) is 5.91 Å². The first-order valence-corrected chi connectivity index (χ1v) is 14.4. The molecule has 0 radical (unpaired) electrons. The first-order valence-electron chi connectivity index (χ1n) is 14.4. The van der Waals surface area contributed by atoms with Gasteiger partial charge in [-0.15, -0.1) is 0 Å². The number of amides is 2. The normalized spacial score (nSPS) is 31.6. The molecular weight excluding hydrogens is 452 g/mol. The molecule has 6 aliphatic rings. The van der Waals surface area contributed by atoms with Crippen molar-refractivity contribution in [2.75, 3.05) is 62.7 Å². The predicted octanol–water partition coefficient (Wildman–Crippen LogP) is 3.89. The number of morpholine rings is 1. The van der Waals surface area contributed by atoms with Crippen LogP contribution in [0, 0.1) is 23.2 Å². The van der Waals surface area contributed by atoms with Gasteiger partial charge in [0.05, 0.1) is 24.2 Å². The molecule has 6 fully saturated rings. The number of nitrogens with zero attached hydrogens (tertiary/aromatic N) is 2. The van der Waals surface area contributed by atoms with Gasteiger partial charge in [-0.1, -0.05) is 0 Å². The van der Waals surface area contributed by atoms with Crippen molar-refractivity contribution in [3.8, 4) is 0 Å². The molecule has 2 heterocycles. The molecule has 2 amide bonds. The van der Waals surface area contributed by atoms with Crippen molar-refractivity contribution in [3.63, 3.8) is 0 Å². The van der Waals surface area contributed by atoms with E-state index in [0.717, 1.165) is 114 Å². The van der Waals surface area contributed by atoms with Crippen LogP contribution in [0.4, 0.5) is 11.4 Å². The van der Waals surface area contributed by atoms with Crippen LogP contribution in [0.5, 0.6) is 0 Å². The monoisotopic (exact) mass is 494 g/mol. The minimum atomic E-state index is -0.190. The lowest BCUT2D eigenvalue weighted by atomic mass is 9.49. The van der Waals surface area contributed by atoms with Crippen LogP contribution in [0.15, 0.2) is 18.2 Å². The summed E-state index contributed by atoms with van der Waals surface area (Å²) in [6.07, 6.45) is 10.4. The van der Waals surface area contributed by atoms with Crippen molar-refractivity contribution < 1.29 is 14.3 Å². The van der Waals surface area contributed by atoms with Crippen LogP contribution in [0.25, 0.3) is 0 Å². The smallest absolute Gasteiger partial charge is 0.253 e. The molecule has 1 aromatic rings. The largest absolute Gasteiger partial charge is 0.379 e. The van der Waals surface area contributed by atoms with Gasteiger partial charge < -0.3 is 20.3 Å². The van der Waals surface area contributed by atoms with Crippen molar-refractivity contribution in [1.29, 1.82) is 0 Å². The molecule has 4 bridgehead atoms. The topological polar surface area (TPSA) is 73.9 Å². The fourth-order valence-electron chi connectivity index (χ4n) is 8.11. The number of carbonyl (C=O) groups excluding carboxylic acids is 2. The van der Waals surface area contributed by atoms with Crippen LogP contribution in [0.2, 0.25) is 0 Å². The summed E-state index contributed by atoms with van der Waals surface area (Å²) < 4.78 is 5.42. The van der Waals surface area contributed by atoms with E-state index in [1.54, 1.807) is 0 Å². The molecule has 7 heteroatoms. The number of benzene rings is 1. The molecular formula is C29H42N4O3.